The van der Waals surface area contributed by atoms with Crippen LogP contribution in [-0.2, 0) is 0 Å². The number of rotatable bonds is 6. The number of benzene rings is 3. The van der Waals surface area contributed by atoms with E-state index in [0.29, 0.717) is 13.1 Å². The van der Waals surface area contributed by atoms with Crippen molar-refractivity contribution in [2.45, 2.75) is 0 Å². The predicted octanol–water partition coefficient (Wildman–Crippen LogP) is 4.63. The van der Waals surface area contributed by atoms with Crippen LogP contribution >= 0.6 is 0 Å². The van der Waals surface area contributed by atoms with Crippen LogP contribution in [0.3, 0.4) is 0 Å². The normalized spacial score (nSPS) is 11.1. The minimum Gasteiger partial charge on any atom is -0.497 e. The van der Waals surface area contributed by atoms with Gasteiger partial charge in [0.15, 0.2) is 0 Å². The van der Waals surface area contributed by atoms with Crippen molar-refractivity contribution in [1.82, 2.24) is 0 Å². The number of ether oxygens (including phenoxy) is 1. The molecule has 0 aliphatic heterocycles. The van der Waals surface area contributed by atoms with Crippen LogP contribution in [0.1, 0.15) is 0 Å². The molecule has 0 saturated heterocycles. The smallest absolute Gasteiger partial charge is 0.119 e. The van der Waals surface area contributed by atoms with Crippen LogP contribution in [0.5, 0.6) is 5.75 Å². The Morgan fingerprint density at radius 2 is 1.79 bits per heavy atom. The van der Waals surface area contributed by atoms with Gasteiger partial charge in [0.2, 0.25) is 0 Å². The average Bonchev–Trinajstić information content (AvgIpc) is 2.65. The highest BCUT2D eigenvalue weighted by Gasteiger charge is 2.07. The predicted molar refractivity (Wildman–Crippen MR) is 98.7 cm³/mol. The molecule has 0 aliphatic rings. The fourth-order valence-corrected chi connectivity index (χ4v) is 2.49. The maximum Gasteiger partial charge on any atom is 0.119 e. The topological polar surface area (TPSA) is 72.0 Å². The lowest BCUT2D eigenvalue weighted by Crippen LogP contribution is -2.13. The Hall–Kier alpha value is -2.92. The van der Waals surface area contributed by atoms with Crippen molar-refractivity contribution >= 4 is 27.8 Å². The summed E-state index contributed by atoms with van der Waals surface area (Å²) in [5.41, 5.74) is 8.23. The van der Waals surface area contributed by atoms with Crippen molar-refractivity contribution in [3.8, 4) is 5.75 Å². The van der Waals surface area contributed by atoms with E-state index in [2.05, 4.69) is 15.5 Å². The molecule has 0 saturated carbocycles. The molecule has 0 amide bonds. The zero-order valence-electron chi connectivity index (χ0n) is 13.6. The van der Waals surface area contributed by atoms with Crippen LogP contribution in [0.25, 0.3) is 10.8 Å². The van der Waals surface area contributed by atoms with Gasteiger partial charge in [-0.3, -0.25) is 0 Å². The van der Waals surface area contributed by atoms with Crippen molar-refractivity contribution in [1.29, 1.82) is 0 Å². The Morgan fingerprint density at radius 1 is 0.958 bits per heavy atom. The number of nitrogens with two attached hydrogens (primary N) is 1. The van der Waals surface area contributed by atoms with Gasteiger partial charge >= 0.3 is 0 Å². The lowest BCUT2D eigenvalue weighted by atomic mass is 10.1. The van der Waals surface area contributed by atoms with Crippen LogP contribution in [0.4, 0.5) is 17.1 Å². The molecule has 0 radical (unpaired) electrons. The molecule has 3 rings (SSSR count). The first-order valence-electron chi connectivity index (χ1n) is 7.83. The zero-order chi connectivity index (χ0) is 16.8. The van der Waals surface area contributed by atoms with Gasteiger partial charge in [-0.2, -0.15) is 5.11 Å². The van der Waals surface area contributed by atoms with E-state index in [1.54, 1.807) is 7.11 Å². The molecule has 24 heavy (non-hydrogen) atoms. The maximum atomic E-state index is 5.59. The fraction of sp³-hybridized carbons (Fsp3) is 0.158. The molecule has 5 heteroatoms. The molecule has 5 nitrogen and oxygen atoms in total. The van der Waals surface area contributed by atoms with Crippen LogP contribution < -0.4 is 15.8 Å². The molecule has 0 heterocycles. The first-order chi connectivity index (χ1) is 11.8. The van der Waals surface area contributed by atoms with Gasteiger partial charge in [0, 0.05) is 29.5 Å². The van der Waals surface area contributed by atoms with Gasteiger partial charge in [-0.1, -0.05) is 18.2 Å². The summed E-state index contributed by atoms with van der Waals surface area (Å²) in [5.74, 6) is 0.787. The van der Waals surface area contributed by atoms with Crippen LogP contribution in [0.2, 0.25) is 0 Å². The molecule has 0 spiro atoms. The van der Waals surface area contributed by atoms with Crippen molar-refractivity contribution in [3.05, 3.63) is 60.7 Å². The van der Waals surface area contributed by atoms with E-state index in [9.17, 15) is 0 Å². The molecule has 0 fully saturated rings. The van der Waals surface area contributed by atoms with Crippen LogP contribution in [0.15, 0.2) is 70.9 Å². The molecule has 0 aromatic heterocycles. The largest absolute Gasteiger partial charge is 0.497 e. The lowest BCUT2D eigenvalue weighted by molar-refractivity contribution is 0.415. The summed E-state index contributed by atoms with van der Waals surface area (Å²) >= 11 is 0. The standard InChI is InChI=1S/C19H20N4O/c1-24-15-7-8-16-17(13-15)19(10-9-18(16)21-12-11-20)23-22-14-5-3-2-4-6-14/h2-10,13,21H,11-12,20H2,1H3. The first-order valence-corrected chi connectivity index (χ1v) is 7.83. The average molecular weight is 320 g/mol. The summed E-state index contributed by atoms with van der Waals surface area (Å²) in [4.78, 5) is 0. The summed E-state index contributed by atoms with van der Waals surface area (Å²) in [6.07, 6.45) is 0. The second-order valence-corrected chi connectivity index (χ2v) is 5.29. The highest BCUT2D eigenvalue weighted by molar-refractivity contribution is 6.01. The Bertz CT molecular complexity index is 847. The van der Waals surface area contributed by atoms with Crippen LogP contribution in [0, 0.1) is 0 Å². The van der Waals surface area contributed by atoms with Gasteiger partial charge in [0.25, 0.3) is 0 Å². The quantitative estimate of drug-likeness (QED) is 0.650. The minimum atomic E-state index is 0.577. The molecule has 0 atom stereocenters. The highest BCUT2D eigenvalue weighted by atomic mass is 16.5. The third-order valence-electron chi connectivity index (χ3n) is 3.69. The summed E-state index contributed by atoms with van der Waals surface area (Å²) in [7, 11) is 1.66. The van der Waals surface area contributed by atoms with E-state index in [1.165, 1.54) is 0 Å². The number of fused-ring (bicyclic) bond motifs is 1. The third-order valence-corrected chi connectivity index (χ3v) is 3.69. The number of anilines is 1. The maximum absolute atomic E-state index is 5.59. The van der Waals surface area contributed by atoms with Gasteiger partial charge in [-0.25, -0.2) is 0 Å². The number of methoxy groups -OCH3 is 1. The minimum absolute atomic E-state index is 0.577. The SMILES string of the molecule is COc1ccc2c(NCCN)ccc(N=Nc3ccccc3)c2c1. The van der Waals surface area contributed by atoms with Gasteiger partial charge in [-0.05, 0) is 42.5 Å². The molecular weight excluding hydrogens is 300 g/mol. The van der Waals surface area contributed by atoms with Crippen molar-refractivity contribution < 1.29 is 4.74 Å². The Balaban J connectivity index is 2.05. The monoisotopic (exact) mass is 320 g/mol. The molecule has 0 unspecified atom stereocenters. The number of azo groups is 1. The number of nitrogens with one attached hydrogen (secondary N) is 1. The Morgan fingerprint density at radius 3 is 2.54 bits per heavy atom. The summed E-state index contributed by atoms with van der Waals surface area (Å²) < 4.78 is 5.35. The summed E-state index contributed by atoms with van der Waals surface area (Å²) in [6.45, 7) is 1.29. The molecule has 0 bridgehead atoms. The molecule has 122 valence electrons. The second-order valence-electron chi connectivity index (χ2n) is 5.29. The van der Waals surface area contributed by atoms with E-state index >= 15 is 0 Å². The molecule has 3 N–H and O–H groups in total. The molecule has 3 aromatic rings. The zero-order valence-corrected chi connectivity index (χ0v) is 13.6. The third kappa shape index (κ3) is 3.52. The van der Waals surface area contributed by atoms with Crippen LogP contribution in [-0.4, -0.2) is 20.2 Å². The number of hydrogen-bond acceptors (Lipinski definition) is 5. The second kappa shape index (κ2) is 7.57. The van der Waals surface area contributed by atoms with Crippen molar-refractivity contribution in [2.24, 2.45) is 16.0 Å². The molecule has 0 aliphatic carbocycles. The van der Waals surface area contributed by atoms with Gasteiger partial charge in [0.05, 0.1) is 18.5 Å². The lowest BCUT2D eigenvalue weighted by Gasteiger charge is -2.11. The van der Waals surface area contributed by atoms with Crippen molar-refractivity contribution in [3.63, 3.8) is 0 Å². The molecule has 3 aromatic carbocycles. The number of hydrogen-bond donors (Lipinski definition) is 2. The van der Waals surface area contributed by atoms with Gasteiger partial charge in [-0.15, -0.1) is 5.11 Å². The fourth-order valence-electron chi connectivity index (χ4n) is 2.49. The van der Waals surface area contributed by atoms with E-state index in [1.807, 2.05) is 60.7 Å². The first kappa shape index (κ1) is 16.0. The van der Waals surface area contributed by atoms with E-state index in [4.69, 9.17) is 10.5 Å². The Kier molecular flexibility index (Phi) is 5.03. The van der Waals surface area contributed by atoms with Gasteiger partial charge in [0.1, 0.15) is 5.75 Å². The highest BCUT2D eigenvalue weighted by Crippen LogP contribution is 2.35. The van der Waals surface area contributed by atoms with Gasteiger partial charge < -0.3 is 15.8 Å². The summed E-state index contributed by atoms with van der Waals surface area (Å²) in [6, 6.07) is 19.6. The van der Waals surface area contributed by atoms with E-state index in [0.717, 1.165) is 33.6 Å². The Labute approximate surface area is 141 Å². The summed E-state index contributed by atoms with van der Waals surface area (Å²) in [5, 5.41) is 14.1. The van der Waals surface area contributed by atoms with E-state index < -0.39 is 0 Å². The van der Waals surface area contributed by atoms with E-state index in [-0.39, 0.29) is 0 Å². The molecular formula is C19H20N4O. The number of nitrogens with zero attached hydrogens (tertiary/aromatic N) is 2. The van der Waals surface area contributed by atoms with Crippen molar-refractivity contribution in [2.75, 3.05) is 25.5 Å².